The lowest BCUT2D eigenvalue weighted by atomic mass is 10.2. The molecule has 0 spiro atoms. The third-order valence-corrected chi connectivity index (χ3v) is 2.13. The van der Waals surface area contributed by atoms with Crippen molar-refractivity contribution in [3.63, 3.8) is 0 Å². The number of nitrogens with zero attached hydrogens (tertiary/aromatic N) is 3. The summed E-state index contributed by atoms with van der Waals surface area (Å²) in [6, 6.07) is 10.1. The fourth-order valence-electron chi connectivity index (χ4n) is 1.36. The van der Waals surface area contributed by atoms with E-state index in [1.54, 1.807) is 6.20 Å². The van der Waals surface area contributed by atoms with E-state index in [0.717, 1.165) is 6.54 Å². The third-order valence-electron chi connectivity index (χ3n) is 2.03. The quantitative estimate of drug-likeness (QED) is 0.582. The lowest BCUT2D eigenvalue weighted by molar-refractivity contribution is 0.801. The van der Waals surface area contributed by atoms with Crippen molar-refractivity contribution in [3.05, 3.63) is 48.3 Å². The van der Waals surface area contributed by atoms with E-state index < -0.39 is 0 Å². The second-order valence-electron chi connectivity index (χ2n) is 3.04. The maximum absolute atomic E-state index is 4.55. The largest absolute Gasteiger partial charge is 0.311 e. The predicted molar refractivity (Wildman–Crippen MR) is 62.5 cm³/mol. The average Bonchev–Trinajstić information content (AvgIpc) is 2.68. The van der Waals surface area contributed by atoms with E-state index in [0.29, 0.717) is 5.95 Å². The van der Waals surface area contributed by atoms with Crippen LogP contribution in [0.5, 0.6) is 0 Å². The van der Waals surface area contributed by atoms with Gasteiger partial charge >= 0.3 is 0 Å². The predicted octanol–water partition coefficient (Wildman–Crippen LogP) is 2.67. The van der Waals surface area contributed by atoms with Crippen molar-refractivity contribution < 1.29 is 0 Å². The highest BCUT2D eigenvalue weighted by molar-refractivity contribution is 7.78. The van der Waals surface area contributed by atoms with Gasteiger partial charge in [-0.3, -0.25) is 0 Å². The lowest BCUT2D eigenvalue weighted by Gasteiger charge is -2.03. The average molecular weight is 215 g/mol. The molecule has 2 aromatic rings. The maximum atomic E-state index is 4.55. The minimum atomic E-state index is 0.592. The summed E-state index contributed by atoms with van der Waals surface area (Å²) in [7, 11) is 0. The normalized spacial score (nSPS) is 9.60. The van der Waals surface area contributed by atoms with Crippen molar-refractivity contribution in [3.8, 4) is 0 Å². The third kappa shape index (κ3) is 2.37. The molecule has 0 fully saturated rings. The standard InChI is InChI=1S/C11H9N3S/c15-9-13-11-12-6-7-14(11)8-10-4-2-1-3-5-10/h1-7H,8H2. The second kappa shape index (κ2) is 4.64. The van der Waals surface area contributed by atoms with E-state index in [1.165, 1.54) is 5.56 Å². The van der Waals surface area contributed by atoms with Gasteiger partial charge < -0.3 is 4.57 Å². The molecule has 74 valence electrons. The summed E-state index contributed by atoms with van der Waals surface area (Å²) in [5.74, 6) is 0.592. The van der Waals surface area contributed by atoms with Crippen molar-refractivity contribution in [1.29, 1.82) is 0 Å². The summed E-state index contributed by atoms with van der Waals surface area (Å²) >= 11 is 4.55. The van der Waals surface area contributed by atoms with Crippen LogP contribution in [0.3, 0.4) is 0 Å². The van der Waals surface area contributed by atoms with Crippen LogP contribution < -0.4 is 0 Å². The Kier molecular flexibility index (Phi) is 3.02. The molecule has 0 aliphatic heterocycles. The number of thiocarbonyl (C=S) groups is 1. The molecule has 0 radical (unpaired) electrons. The van der Waals surface area contributed by atoms with Crippen molar-refractivity contribution in [2.45, 2.75) is 6.54 Å². The zero-order valence-electron chi connectivity index (χ0n) is 8.00. The molecule has 1 aromatic carbocycles. The van der Waals surface area contributed by atoms with Gasteiger partial charge in [-0.1, -0.05) is 30.3 Å². The Labute approximate surface area is 93.1 Å². The molecule has 0 aliphatic rings. The van der Waals surface area contributed by atoms with Gasteiger partial charge in [0.15, 0.2) is 0 Å². The van der Waals surface area contributed by atoms with Crippen LogP contribution in [0.1, 0.15) is 5.56 Å². The van der Waals surface area contributed by atoms with E-state index in [1.807, 2.05) is 29.0 Å². The summed E-state index contributed by atoms with van der Waals surface area (Å²) in [4.78, 5) is 7.95. The van der Waals surface area contributed by atoms with Gasteiger partial charge in [0.25, 0.3) is 0 Å². The number of hydrogen-bond donors (Lipinski definition) is 0. The first-order chi connectivity index (χ1) is 7.40. The molecule has 0 aliphatic carbocycles. The van der Waals surface area contributed by atoms with Gasteiger partial charge in [0, 0.05) is 12.4 Å². The Morgan fingerprint density at radius 2 is 2.13 bits per heavy atom. The molecule has 0 saturated carbocycles. The number of benzene rings is 1. The molecular weight excluding hydrogens is 206 g/mol. The molecule has 0 bridgehead atoms. The van der Waals surface area contributed by atoms with Gasteiger partial charge in [-0.25, -0.2) is 4.98 Å². The summed E-state index contributed by atoms with van der Waals surface area (Å²) < 4.78 is 1.93. The summed E-state index contributed by atoms with van der Waals surface area (Å²) in [6.45, 7) is 0.747. The molecule has 0 amide bonds. The molecule has 0 saturated heterocycles. The smallest absolute Gasteiger partial charge is 0.238 e. The van der Waals surface area contributed by atoms with Crippen LogP contribution in [-0.2, 0) is 6.54 Å². The van der Waals surface area contributed by atoms with E-state index in [4.69, 9.17) is 0 Å². The van der Waals surface area contributed by atoms with E-state index in [9.17, 15) is 0 Å². The Balaban J connectivity index is 2.25. The molecular formula is C11H9N3S. The number of aromatic nitrogens is 2. The summed E-state index contributed by atoms with van der Waals surface area (Å²) in [6.07, 6.45) is 3.58. The minimum absolute atomic E-state index is 0.592. The van der Waals surface area contributed by atoms with E-state index in [-0.39, 0.29) is 0 Å². The molecule has 15 heavy (non-hydrogen) atoms. The van der Waals surface area contributed by atoms with Gasteiger partial charge in [0.05, 0.1) is 11.7 Å². The van der Waals surface area contributed by atoms with Crippen LogP contribution in [-0.4, -0.2) is 14.7 Å². The number of rotatable bonds is 3. The molecule has 4 heteroatoms. The van der Waals surface area contributed by atoms with Crippen LogP contribution in [0.2, 0.25) is 0 Å². The highest BCUT2D eigenvalue weighted by Crippen LogP contribution is 2.11. The van der Waals surface area contributed by atoms with E-state index >= 15 is 0 Å². The first-order valence-electron chi connectivity index (χ1n) is 4.53. The van der Waals surface area contributed by atoms with Crippen molar-refractivity contribution in [1.82, 2.24) is 9.55 Å². The molecule has 0 N–H and O–H groups in total. The first-order valence-corrected chi connectivity index (χ1v) is 4.94. The maximum Gasteiger partial charge on any atom is 0.238 e. The SMILES string of the molecule is S=C=Nc1nccn1Cc1ccccc1. The van der Waals surface area contributed by atoms with Gasteiger partial charge in [0.1, 0.15) is 0 Å². The van der Waals surface area contributed by atoms with Crippen LogP contribution in [0.4, 0.5) is 5.95 Å². The van der Waals surface area contributed by atoms with Gasteiger partial charge in [-0.05, 0) is 17.8 Å². The van der Waals surface area contributed by atoms with Gasteiger partial charge in [-0.2, -0.15) is 4.99 Å². The Bertz CT molecular complexity index is 484. The highest BCUT2D eigenvalue weighted by atomic mass is 32.1. The molecule has 2 rings (SSSR count). The van der Waals surface area contributed by atoms with Gasteiger partial charge in [0.2, 0.25) is 5.95 Å². The lowest BCUT2D eigenvalue weighted by Crippen LogP contribution is -1.97. The summed E-state index contributed by atoms with van der Waals surface area (Å²) in [5, 5.41) is 2.32. The molecule has 0 atom stereocenters. The van der Waals surface area contributed by atoms with Crippen molar-refractivity contribution in [2.24, 2.45) is 4.99 Å². The molecule has 1 aromatic heterocycles. The molecule has 1 heterocycles. The van der Waals surface area contributed by atoms with Crippen LogP contribution in [0.15, 0.2) is 47.7 Å². The monoisotopic (exact) mass is 215 g/mol. The van der Waals surface area contributed by atoms with Gasteiger partial charge in [-0.15, -0.1) is 0 Å². The van der Waals surface area contributed by atoms with E-state index in [2.05, 4.69) is 39.5 Å². The first kappa shape index (κ1) is 9.77. The fourth-order valence-corrected chi connectivity index (χ4v) is 1.44. The number of aliphatic imine (C=N–C) groups is 1. The van der Waals surface area contributed by atoms with Crippen molar-refractivity contribution in [2.75, 3.05) is 0 Å². The fraction of sp³-hybridized carbons (Fsp3) is 0.0909. The number of isothiocyanates is 1. The molecule has 3 nitrogen and oxygen atoms in total. The zero-order valence-corrected chi connectivity index (χ0v) is 8.81. The van der Waals surface area contributed by atoms with Crippen LogP contribution in [0.25, 0.3) is 0 Å². The number of imidazole rings is 1. The topological polar surface area (TPSA) is 30.2 Å². The Hall–Kier alpha value is -1.77. The minimum Gasteiger partial charge on any atom is -0.311 e. The van der Waals surface area contributed by atoms with Crippen LogP contribution >= 0.6 is 12.2 Å². The van der Waals surface area contributed by atoms with Crippen LogP contribution in [0, 0.1) is 0 Å². The zero-order chi connectivity index (χ0) is 10.5. The summed E-state index contributed by atoms with van der Waals surface area (Å²) in [5.41, 5.74) is 1.20. The molecule has 0 unspecified atom stereocenters. The second-order valence-corrected chi connectivity index (χ2v) is 3.23. The Morgan fingerprint density at radius 3 is 2.87 bits per heavy atom. The number of hydrogen-bond acceptors (Lipinski definition) is 3. The highest BCUT2D eigenvalue weighted by Gasteiger charge is 2.00. The Morgan fingerprint density at radius 1 is 1.33 bits per heavy atom. The van der Waals surface area contributed by atoms with Crippen molar-refractivity contribution >= 4 is 23.3 Å².